The number of hydrazine groups is 1. The fourth-order valence-corrected chi connectivity index (χ4v) is 3.15. The minimum atomic E-state index is -4.39. The number of hydrogen-bond donors (Lipinski definition) is 2. The van der Waals surface area contributed by atoms with Crippen molar-refractivity contribution in [3.05, 3.63) is 47.8 Å². The van der Waals surface area contributed by atoms with Crippen LogP contribution in [0.2, 0.25) is 0 Å². The summed E-state index contributed by atoms with van der Waals surface area (Å²) in [6.07, 6.45) is -0.0251. The molecular formula is C18H21FN2O6S. The SMILES string of the molecule is COc1cc(F)c(S(=O)(=O)NNC(=O)c2ccc(OC(C)C)cc2)cc1OC. The summed E-state index contributed by atoms with van der Waals surface area (Å²) in [5.74, 6) is -1.15. The lowest BCUT2D eigenvalue weighted by Crippen LogP contribution is -2.41. The molecule has 0 aliphatic rings. The Morgan fingerprint density at radius 2 is 1.61 bits per heavy atom. The number of sulfonamides is 1. The van der Waals surface area contributed by atoms with Gasteiger partial charge in [-0.15, -0.1) is 4.83 Å². The lowest BCUT2D eigenvalue weighted by molar-refractivity contribution is 0.0945. The van der Waals surface area contributed by atoms with Crippen molar-refractivity contribution in [2.45, 2.75) is 24.8 Å². The molecule has 2 aromatic rings. The van der Waals surface area contributed by atoms with E-state index in [0.717, 1.165) is 12.1 Å². The molecule has 2 rings (SSSR count). The highest BCUT2D eigenvalue weighted by molar-refractivity contribution is 7.89. The number of ether oxygens (including phenoxy) is 3. The van der Waals surface area contributed by atoms with E-state index in [9.17, 15) is 17.6 Å². The second kappa shape index (κ2) is 8.89. The molecule has 0 bridgehead atoms. The van der Waals surface area contributed by atoms with Crippen molar-refractivity contribution < 1.29 is 31.8 Å². The van der Waals surface area contributed by atoms with E-state index >= 15 is 0 Å². The Morgan fingerprint density at radius 1 is 1.04 bits per heavy atom. The van der Waals surface area contributed by atoms with Gasteiger partial charge in [-0.3, -0.25) is 10.2 Å². The number of benzene rings is 2. The zero-order valence-corrected chi connectivity index (χ0v) is 16.6. The molecule has 0 saturated heterocycles. The van der Waals surface area contributed by atoms with Crippen LogP contribution in [0.1, 0.15) is 24.2 Å². The molecule has 0 spiro atoms. The molecule has 0 aromatic heterocycles. The van der Waals surface area contributed by atoms with Crippen LogP contribution in [0.4, 0.5) is 4.39 Å². The molecule has 0 fully saturated rings. The van der Waals surface area contributed by atoms with Gasteiger partial charge in [0, 0.05) is 17.7 Å². The van der Waals surface area contributed by atoms with Gasteiger partial charge < -0.3 is 14.2 Å². The summed E-state index contributed by atoms with van der Waals surface area (Å²) in [7, 11) is -1.81. The number of halogens is 1. The molecule has 0 saturated carbocycles. The fourth-order valence-electron chi connectivity index (χ4n) is 2.24. The van der Waals surface area contributed by atoms with Gasteiger partial charge >= 0.3 is 0 Å². The first-order valence-electron chi connectivity index (χ1n) is 8.18. The topological polar surface area (TPSA) is 103 Å². The fraction of sp³-hybridized carbons (Fsp3) is 0.278. The second-order valence-electron chi connectivity index (χ2n) is 5.89. The summed E-state index contributed by atoms with van der Waals surface area (Å²) < 4.78 is 54.2. The van der Waals surface area contributed by atoms with Crippen molar-refractivity contribution in [2.75, 3.05) is 14.2 Å². The highest BCUT2D eigenvalue weighted by Gasteiger charge is 2.23. The lowest BCUT2D eigenvalue weighted by atomic mass is 10.2. The Morgan fingerprint density at radius 3 is 2.14 bits per heavy atom. The zero-order chi connectivity index (χ0) is 20.9. The Labute approximate surface area is 162 Å². The van der Waals surface area contributed by atoms with Crippen LogP contribution in [-0.2, 0) is 10.0 Å². The van der Waals surface area contributed by atoms with Crippen molar-refractivity contribution in [1.29, 1.82) is 0 Å². The summed E-state index contributed by atoms with van der Waals surface area (Å²) in [4.78, 5) is 13.3. The summed E-state index contributed by atoms with van der Waals surface area (Å²) in [5, 5.41) is 0. The Bertz CT molecular complexity index is 945. The van der Waals surface area contributed by atoms with Crippen molar-refractivity contribution in [3.8, 4) is 17.2 Å². The number of carbonyl (C=O) groups is 1. The largest absolute Gasteiger partial charge is 0.493 e. The van der Waals surface area contributed by atoms with Crippen LogP contribution >= 0.6 is 0 Å². The number of carbonyl (C=O) groups excluding carboxylic acids is 1. The first-order chi connectivity index (χ1) is 13.2. The molecule has 10 heteroatoms. The predicted octanol–water partition coefficient (Wildman–Crippen LogP) is 2.25. The van der Waals surface area contributed by atoms with E-state index in [4.69, 9.17) is 14.2 Å². The molecule has 0 radical (unpaired) electrons. The van der Waals surface area contributed by atoms with Crippen LogP contribution < -0.4 is 24.5 Å². The van der Waals surface area contributed by atoms with E-state index in [2.05, 4.69) is 0 Å². The van der Waals surface area contributed by atoms with Crippen LogP contribution in [0.5, 0.6) is 17.2 Å². The van der Waals surface area contributed by atoms with Crippen LogP contribution in [-0.4, -0.2) is 34.6 Å². The van der Waals surface area contributed by atoms with Crippen LogP contribution in [0.3, 0.4) is 0 Å². The normalized spacial score (nSPS) is 11.2. The molecule has 0 aliphatic carbocycles. The molecule has 0 aliphatic heterocycles. The molecule has 2 aromatic carbocycles. The monoisotopic (exact) mass is 412 g/mol. The minimum absolute atomic E-state index is 0.0244. The first kappa shape index (κ1) is 21.5. The van der Waals surface area contributed by atoms with Crippen molar-refractivity contribution >= 4 is 15.9 Å². The summed E-state index contributed by atoms with van der Waals surface area (Å²) >= 11 is 0. The Hall–Kier alpha value is -2.85. The number of methoxy groups -OCH3 is 2. The molecule has 28 heavy (non-hydrogen) atoms. The first-order valence-corrected chi connectivity index (χ1v) is 9.66. The maximum absolute atomic E-state index is 14.2. The highest BCUT2D eigenvalue weighted by Crippen LogP contribution is 2.31. The smallest absolute Gasteiger partial charge is 0.266 e. The molecule has 8 nitrogen and oxygen atoms in total. The maximum atomic E-state index is 14.2. The minimum Gasteiger partial charge on any atom is -0.493 e. The van der Waals surface area contributed by atoms with E-state index in [1.54, 1.807) is 12.1 Å². The second-order valence-corrected chi connectivity index (χ2v) is 7.54. The van der Waals surface area contributed by atoms with Crippen molar-refractivity contribution in [2.24, 2.45) is 0 Å². The summed E-state index contributed by atoms with van der Waals surface area (Å²) in [5.41, 5.74) is 2.22. The van der Waals surface area contributed by atoms with Gasteiger partial charge in [0.15, 0.2) is 11.5 Å². The average Bonchev–Trinajstić information content (AvgIpc) is 2.65. The van der Waals surface area contributed by atoms with Gasteiger partial charge in [0.2, 0.25) is 0 Å². The standard InChI is InChI=1S/C18H21FN2O6S/c1-11(2)27-13-7-5-12(6-8-13)18(22)20-21-28(23,24)17-10-16(26-4)15(25-3)9-14(17)19/h5-11,21H,1-4H3,(H,20,22). The zero-order valence-electron chi connectivity index (χ0n) is 15.8. The average molecular weight is 412 g/mol. The maximum Gasteiger partial charge on any atom is 0.266 e. The third kappa shape index (κ3) is 5.11. The molecule has 1 amide bonds. The number of hydrogen-bond acceptors (Lipinski definition) is 6. The van der Waals surface area contributed by atoms with Crippen LogP contribution in [0, 0.1) is 5.82 Å². The van der Waals surface area contributed by atoms with Gasteiger partial charge in [-0.2, -0.15) is 0 Å². The molecule has 152 valence electrons. The van der Waals surface area contributed by atoms with E-state index in [0.29, 0.717) is 5.75 Å². The van der Waals surface area contributed by atoms with Gasteiger partial charge in [0.05, 0.1) is 20.3 Å². The van der Waals surface area contributed by atoms with Gasteiger partial charge in [0.25, 0.3) is 15.9 Å². The van der Waals surface area contributed by atoms with Gasteiger partial charge in [-0.25, -0.2) is 12.8 Å². The lowest BCUT2D eigenvalue weighted by Gasteiger charge is -2.13. The number of amides is 1. The third-order valence-electron chi connectivity index (χ3n) is 3.51. The van der Waals surface area contributed by atoms with Gasteiger partial charge in [-0.1, -0.05) is 0 Å². The molecule has 2 N–H and O–H groups in total. The molecule has 0 unspecified atom stereocenters. The Kier molecular flexibility index (Phi) is 6.81. The van der Waals surface area contributed by atoms with E-state index in [1.165, 1.54) is 26.4 Å². The van der Waals surface area contributed by atoms with Crippen LogP contribution in [0.15, 0.2) is 41.3 Å². The number of nitrogens with one attached hydrogen (secondary N) is 2. The third-order valence-corrected chi connectivity index (χ3v) is 4.78. The van der Waals surface area contributed by atoms with Gasteiger partial charge in [0.1, 0.15) is 16.5 Å². The quantitative estimate of drug-likeness (QED) is 0.645. The van der Waals surface area contributed by atoms with E-state index < -0.39 is 26.6 Å². The number of rotatable bonds is 8. The summed E-state index contributed by atoms with van der Waals surface area (Å²) in [6.45, 7) is 3.73. The molecule has 0 atom stereocenters. The Balaban J connectivity index is 2.14. The highest BCUT2D eigenvalue weighted by atomic mass is 32.2. The summed E-state index contributed by atoms with van der Waals surface area (Å²) in [6, 6.07) is 7.94. The van der Waals surface area contributed by atoms with E-state index in [1.807, 2.05) is 24.1 Å². The van der Waals surface area contributed by atoms with Gasteiger partial charge in [-0.05, 0) is 38.1 Å². The molecular weight excluding hydrogens is 391 g/mol. The van der Waals surface area contributed by atoms with Crippen molar-refractivity contribution in [1.82, 2.24) is 10.3 Å². The van der Waals surface area contributed by atoms with Crippen molar-refractivity contribution in [3.63, 3.8) is 0 Å². The predicted molar refractivity (Wildman–Crippen MR) is 99.5 cm³/mol. The molecule has 0 heterocycles. The van der Waals surface area contributed by atoms with Crippen LogP contribution in [0.25, 0.3) is 0 Å². The van der Waals surface area contributed by atoms with E-state index in [-0.39, 0.29) is 23.2 Å².